The maximum absolute atomic E-state index is 13.6. The zero-order valence-electron chi connectivity index (χ0n) is 19.8. The molecule has 2 rings (SSSR count). The van der Waals surface area contributed by atoms with Gasteiger partial charge < -0.3 is 15.0 Å². The minimum absolute atomic E-state index is 0.0923. The number of benzene rings is 2. The van der Waals surface area contributed by atoms with Crippen LogP contribution in [0.2, 0.25) is 15.1 Å². The van der Waals surface area contributed by atoms with Gasteiger partial charge in [0.2, 0.25) is 21.8 Å². The van der Waals surface area contributed by atoms with E-state index in [0.29, 0.717) is 28.6 Å². The summed E-state index contributed by atoms with van der Waals surface area (Å²) in [6.45, 7) is 3.16. The number of ether oxygens (including phenoxy) is 1. The highest BCUT2D eigenvalue weighted by atomic mass is 35.5. The summed E-state index contributed by atoms with van der Waals surface area (Å²) >= 11 is 18.7. The van der Waals surface area contributed by atoms with Gasteiger partial charge in [0.25, 0.3) is 0 Å². The van der Waals surface area contributed by atoms with Crippen LogP contribution in [0.4, 0.5) is 5.69 Å². The van der Waals surface area contributed by atoms with Crippen LogP contribution < -0.4 is 14.4 Å². The highest BCUT2D eigenvalue weighted by Crippen LogP contribution is 2.33. The van der Waals surface area contributed by atoms with Gasteiger partial charge in [-0.1, -0.05) is 47.8 Å². The monoisotopic (exact) mass is 563 g/mol. The van der Waals surface area contributed by atoms with Gasteiger partial charge in [0.15, 0.2) is 0 Å². The minimum atomic E-state index is -3.95. The van der Waals surface area contributed by atoms with Crippen LogP contribution in [-0.4, -0.2) is 57.6 Å². The smallest absolute Gasteiger partial charge is 0.244 e. The van der Waals surface area contributed by atoms with Crippen LogP contribution in [0.25, 0.3) is 0 Å². The third kappa shape index (κ3) is 7.64. The summed E-state index contributed by atoms with van der Waals surface area (Å²) in [5, 5.41) is 3.64. The van der Waals surface area contributed by atoms with Gasteiger partial charge >= 0.3 is 0 Å². The molecule has 0 unspecified atom stereocenters. The molecule has 0 aliphatic heterocycles. The molecule has 0 radical (unpaired) electrons. The first-order valence-corrected chi connectivity index (χ1v) is 13.7. The Kier molecular flexibility index (Phi) is 10.5. The number of carbonyl (C=O) groups is 2. The largest absolute Gasteiger partial charge is 0.495 e. The van der Waals surface area contributed by atoms with E-state index < -0.39 is 34.4 Å². The molecule has 35 heavy (non-hydrogen) atoms. The normalized spacial score (nSPS) is 12.1. The van der Waals surface area contributed by atoms with Gasteiger partial charge in [-0.15, -0.1) is 0 Å². The summed E-state index contributed by atoms with van der Waals surface area (Å²) < 4.78 is 31.6. The number of hydrogen-bond donors (Lipinski definition) is 1. The summed E-state index contributed by atoms with van der Waals surface area (Å²) in [6.07, 6.45) is 1.67. The Labute approximate surface area is 221 Å². The maximum Gasteiger partial charge on any atom is 0.244 e. The topological polar surface area (TPSA) is 96.0 Å². The van der Waals surface area contributed by atoms with Crippen molar-refractivity contribution in [1.29, 1.82) is 0 Å². The van der Waals surface area contributed by atoms with Crippen LogP contribution in [0.1, 0.15) is 25.8 Å². The molecule has 192 valence electrons. The first-order chi connectivity index (χ1) is 16.4. The van der Waals surface area contributed by atoms with E-state index in [1.165, 1.54) is 30.2 Å². The van der Waals surface area contributed by atoms with E-state index in [1.807, 2.05) is 6.92 Å². The van der Waals surface area contributed by atoms with E-state index in [0.717, 1.165) is 10.6 Å². The van der Waals surface area contributed by atoms with Crippen molar-refractivity contribution >= 4 is 62.3 Å². The third-order valence-electron chi connectivity index (χ3n) is 5.20. The molecule has 0 aliphatic rings. The number of nitrogens with one attached hydrogen (secondary N) is 1. The number of halogens is 3. The average molecular weight is 565 g/mol. The Balaban J connectivity index is 2.50. The van der Waals surface area contributed by atoms with E-state index in [9.17, 15) is 18.0 Å². The van der Waals surface area contributed by atoms with Gasteiger partial charge in [-0.05, 0) is 43.7 Å². The average Bonchev–Trinajstić information content (AvgIpc) is 2.79. The second-order valence-corrected chi connectivity index (χ2v) is 10.9. The van der Waals surface area contributed by atoms with Crippen molar-refractivity contribution in [3.63, 3.8) is 0 Å². The number of amides is 2. The van der Waals surface area contributed by atoms with Gasteiger partial charge in [-0.2, -0.15) is 0 Å². The molecular formula is C23H28Cl3N3O5S. The van der Waals surface area contributed by atoms with Gasteiger partial charge in [0, 0.05) is 33.7 Å². The first-order valence-electron chi connectivity index (χ1n) is 10.7. The lowest BCUT2D eigenvalue weighted by Crippen LogP contribution is -2.51. The fourth-order valence-electron chi connectivity index (χ4n) is 3.29. The zero-order valence-corrected chi connectivity index (χ0v) is 22.9. The second kappa shape index (κ2) is 12.7. The Bertz CT molecular complexity index is 1160. The third-order valence-corrected chi connectivity index (χ3v) is 7.27. The van der Waals surface area contributed by atoms with Crippen molar-refractivity contribution in [2.45, 2.75) is 32.9 Å². The summed E-state index contributed by atoms with van der Waals surface area (Å²) in [5.74, 6) is -0.829. The first kappa shape index (κ1) is 29.0. The maximum atomic E-state index is 13.6. The van der Waals surface area contributed by atoms with E-state index in [4.69, 9.17) is 39.5 Å². The predicted octanol–water partition coefficient (Wildman–Crippen LogP) is 4.36. The summed E-state index contributed by atoms with van der Waals surface area (Å²) in [6, 6.07) is 8.39. The number of hydrogen-bond acceptors (Lipinski definition) is 5. The van der Waals surface area contributed by atoms with Gasteiger partial charge in [0.1, 0.15) is 18.3 Å². The van der Waals surface area contributed by atoms with Crippen molar-refractivity contribution in [2.75, 3.05) is 30.8 Å². The molecule has 0 spiro atoms. The Morgan fingerprint density at radius 3 is 2.29 bits per heavy atom. The van der Waals surface area contributed by atoms with Gasteiger partial charge in [-0.25, -0.2) is 8.42 Å². The molecule has 2 aromatic carbocycles. The van der Waals surface area contributed by atoms with Crippen molar-refractivity contribution < 1.29 is 22.7 Å². The number of nitrogens with zero attached hydrogens (tertiary/aromatic N) is 2. The molecular weight excluding hydrogens is 537 g/mol. The predicted molar refractivity (Wildman–Crippen MR) is 140 cm³/mol. The molecule has 1 atom stereocenters. The lowest BCUT2D eigenvalue weighted by molar-refractivity contribution is -0.139. The van der Waals surface area contributed by atoms with Gasteiger partial charge in [-0.3, -0.25) is 13.9 Å². The molecule has 2 amide bonds. The van der Waals surface area contributed by atoms with Crippen molar-refractivity contribution in [2.24, 2.45) is 0 Å². The van der Waals surface area contributed by atoms with Crippen LogP contribution in [-0.2, 0) is 26.2 Å². The number of anilines is 1. The summed E-state index contributed by atoms with van der Waals surface area (Å²) in [7, 11) is -2.57. The SMILES string of the molecule is CCCNC(=O)[C@@H](C)N(Cc1c(Cl)cccc1Cl)C(=O)CN(c1cc(Cl)ccc1OC)S(C)(=O)=O. The number of methoxy groups -OCH3 is 1. The minimum Gasteiger partial charge on any atom is -0.495 e. The molecule has 0 saturated carbocycles. The van der Waals surface area contributed by atoms with Crippen LogP contribution in [0.3, 0.4) is 0 Å². The van der Waals surface area contributed by atoms with Crippen LogP contribution in [0, 0.1) is 0 Å². The van der Waals surface area contributed by atoms with Crippen LogP contribution in [0.15, 0.2) is 36.4 Å². The molecule has 8 nitrogen and oxygen atoms in total. The van der Waals surface area contributed by atoms with Crippen LogP contribution >= 0.6 is 34.8 Å². The number of sulfonamides is 1. The molecule has 0 aromatic heterocycles. The molecule has 0 bridgehead atoms. The summed E-state index contributed by atoms with van der Waals surface area (Å²) in [5.41, 5.74) is 0.528. The number of carbonyl (C=O) groups excluding carboxylic acids is 2. The lowest BCUT2D eigenvalue weighted by Gasteiger charge is -2.32. The van der Waals surface area contributed by atoms with Crippen molar-refractivity contribution in [3.05, 3.63) is 57.0 Å². The molecule has 12 heteroatoms. The van der Waals surface area contributed by atoms with E-state index in [-0.39, 0.29) is 23.0 Å². The fraction of sp³-hybridized carbons (Fsp3) is 0.391. The second-order valence-electron chi connectivity index (χ2n) is 7.77. The summed E-state index contributed by atoms with van der Waals surface area (Å²) in [4.78, 5) is 27.6. The number of rotatable bonds is 11. The molecule has 0 saturated heterocycles. The Hall–Kier alpha value is -2.20. The molecule has 0 aliphatic carbocycles. The standard InChI is InChI=1S/C23H28Cl3N3O5S/c1-5-11-27-23(31)15(2)28(13-17-18(25)7-6-8-19(17)26)22(30)14-29(35(4,32)33)20-12-16(24)9-10-21(20)34-3/h6-10,12,15H,5,11,13-14H2,1-4H3,(H,27,31)/t15-/m1/s1. The van der Waals surface area contributed by atoms with Crippen LogP contribution in [0.5, 0.6) is 5.75 Å². The Morgan fingerprint density at radius 2 is 1.74 bits per heavy atom. The van der Waals surface area contributed by atoms with Crippen molar-refractivity contribution in [1.82, 2.24) is 10.2 Å². The lowest BCUT2D eigenvalue weighted by atomic mass is 10.1. The molecule has 2 aromatic rings. The molecule has 1 N–H and O–H groups in total. The molecule has 0 heterocycles. The quantitative estimate of drug-likeness (QED) is 0.437. The zero-order chi connectivity index (χ0) is 26.3. The van der Waals surface area contributed by atoms with Crippen molar-refractivity contribution in [3.8, 4) is 5.75 Å². The highest BCUT2D eigenvalue weighted by molar-refractivity contribution is 7.92. The Morgan fingerprint density at radius 1 is 1.11 bits per heavy atom. The van der Waals surface area contributed by atoms with E-state index in [2.05, 4.69) is 5.32 Å². The van der Waals surface area contributed by atoms with Gasteiger partial charge in [0.05, 0.1) is 19.1 Å². The van der Waals surface area contributed by atoms with E-state index in [1.54, 1.807) is 25.1 Å². The molecule has 0 fully saturated rings. The van der Waals surface area contributed by atoms with E-state index >= 15 is 0 Å². The fourth-order valence-corrected chi connectivity index (χ4v) is 4.81. The highest BCUT2D eigenvalue weighted by Gasteiger charge is 2.32.